The van der Waals surface area contributed by atoms with Crippen LogP contribution in [0.5, 0.6) is 0 Å². The molecule has 3 atom stereocenters. The van der Waals surface area contributed by atoms with E-state index in [-0.39, 0.29) is 67.3 Å². The number of hydrogen-bond donors (Lipinski definition) is 7. The number of carboxylic acids is 1. The second kappa shape index (κ2) is 18.1. The number of amides is 1. The molecule has 51 heavy (non-hydrogen) atoms. The van der Waals surface area contributed by atoms with Crippen LogP contribution in [0, 0.1) is 9.81 Å². The Morgan fingerprint density at radius 3 is 2.35 bits per heavy atom. The van der Waals surface area contributed by atoms with E-state index in [9.17, 15) is 34.1 Å². The molecule has 1 aromatic carbocycles. The Morgan fingerprint density at radius 1 is 1.02 bits per heavy atom. The topological polar surface area (TPSA) is 285 Å². The number of nitrogens with two attached hydrogens (primary N) is 1. The van der Waals surface area contributed by atoms with E-state index < -0.39 is 46.6 Å². The van der Waals surface area contributed by atoms with Gasteiger partial charge in [-0.15, -0.1) is 0 Å². The monoisotopic (exact) mass is 711 g/mol. The minimum absolute atomic E-state index is 0.00804. The van der Waals surface area contributed by atoms with Gasteiger partial charge in [0.15, 0.2) is 11.2 Å². The van der Waals surface area contributed by atoms with Crippen LogP contribution >= 0.6 is 0 Å². The van der Waals surface area contributed by atoms with E-state index in [1.54, 1.807) is 46.8 Å². The summed E-state index contributed by atoms with van der Waals surface area (Å²) in [5, 5.41) is 24.6. The summed E-state index contributed by atoms with van der Waals surface area (Å²) in [4.78, 5) is 92.0. The van der Waals surface area contributed by atoms with Gasteiger partial charge in [-0.05, 0) is 71.7 Å². The third-order valence-corrected chi connectivity index (χ3v) is 8.40. The van der Waals surface area contributed by atoms with Gasteiger partial charge in [0.25, 0.3) is 11.5 Å². The van der Waals surface area contributed by atoms with Crippen LogP contribution in [0.2, 0.25) is 0 Å². The maximum atomic E-state index is 12.8. The molecule has 0 aliphatic heterocycles. The highest BCUT2D eigenvalue weighted by Crippen LogP contribution is 2.19. The maximum absolute atomic E-state index is 12.8. The first-order valence-electron chi connectivity index (χ1n) is 16.3. The van der Waals surface area contributed by atoms with Crippen molar-refractivity contribution in [2.45, 2.75) is 96.1 Å². The molecule has 1 amide bonds. The van der Waals surface area contributed by atoms with Crippen molar-refractivity contribution in [3.05, 3.63) is 61.9 Å². The Kier molecular flexibility index (Phi) is 14.3. The lowest BCUT2D eigenvalue weighted by molar-refractivity contribution is -0.139. The molecule has 19 nitrogen and oxygen atoms in total. The number of anilines is 2. The zero-order valence-electron chi connectivity index (χ0n) is 29.2. The first kappa shape index (κ1) is 40.2. The van der Waals surface area contributed by atoms with Crippen molar-refractivity contribution in [3.63, 3.8) is 0 Å². The third-order valence-electron chi connectivity index (χ3n) is 8.40. The van der Waals surface area contributed by atoms with E-state index >= 15 is 0 Å². The highest BCUT2D eigenvalue weighted by molar-refractivity contribution is 5.97. The number of aliphatic carboxylic acids is 1. The van der Waals surface area contributed by atoms with Crippen molar-refractivity contribution in [1.82, 2.24) is 36.0 Å². The highest BCUT2D eigenvalue weighted by Gasteiger charge is 2.31. The zero-order valence-corrected chi connectivity index (χ0v) is 29.2. The average Bonchev–Trinajstić information content (AvgIpc) is 3.08. The molecule has 0 aliphatic carbocycles. The summed E-state index contributed by atoms with van der Waals surface area (Å²) in [5.74, 6) is -2.27. The molecule has 0 spiro atoms. The molecule has 8 N–H and O–H groups in total. The van der Waals surface area contributed by atoms with Crippen LogP contribution < -0.4 is 32.7 Å². The van der Waals surface area contributed by atoms with Gasteiger partial charge in [-0.1, -0.05) is 10.4 Å². The number of rotatable bonds is 22. The van der Waals surface area contributed by atoms with Crippen LogP contribution in [0.4, 0.5) is 11.6 Å². The number of aromatic nitrogens is 4. The normalized spacial score (nSPS) is 13.6. The van der Waals surface area contributed by atoms with E-state index in [4.69, 9.17) is 10.6 Å². The van der Waals surface area contributed by atoms with Crippen LogP contribution in [0.15, 0.2) is 45.6 Å². The first-order chi connectivity index (χ1) is 24.1. The number of carbonyl (C=O) groups is 3. The number of ketones is 1. The number of nitrogen functional groups attached to an aromatic ring is 1. The number of nitrogens with one attached hydrogen (secondary N) is 5. The zero-order chi connectivity index (χ0) is 37.8. The third kappa shape index (κ3) is 11.9. The summed E-state index contributed by atoms with van der Waals surface area (Å²) < 4.78 is 0. The van der Waals surface area contributed by atoms with E-state index in [0.29, 0.717) is 17.9 Å². The largest absolute Gasteiger partial charge is 0.480 e. The number of carboxylic acid groups (broad SMARTS) is 1. The minimum atomic E-state index is -1.32. The fourth-order valence-electron chi connectivity index (χ4n) is 4.76. The predicted molar refractivity (Wildman–Crippen MR) is 189 cm³/mol. The summed E-state index contributed by atoms with van der Waals surface area (Å²) in [5.41, 5.74) is 7.80. The molecule has 2 heterocycles. The molecular weight excluding hydrogens is 666 g/mol. The molecule has 2 aromatic heterocycles. The Labute approximate surface area is 293 Å². The second-order valence-corrected chi connectivity index (χ2v) is 13.1. The van der Waals surface area contributed by atoms with Gasteiger partial charge < -0.3 is 26.8 Å². The Bertz CT molecular complexity index is 1750. The van der Waals surface area contributed by atoms with Gasteiger partial charge in [0, 0.05) is 36.2 Å². The van der Waals surface area contributed by atoms with E-state index in [1.807, 2.05) is 0 Å². The number of benzene rings is 1. The van der Waals surface area contributed by atoms with Crippen molar-refractivity contribution in [3.8, 4) is 0 Å². The van der Waals surface area contributed by atoms with Crippen LogP contribution in [0.3, 0.4) is 0 Å². The van der Waals surface area contributed by atoms with Crippen molar-refractivity contribution in [1.29, 1.82) is 0 Å². The van der Waals surface area contributed by atoms with Crippen LogP contribution in [-0.4, -0.2) is 85.1 Å². The summed E-state index contributed by atoms with van der Waals surface area (Å²) in [6.07, 6.45) is 1.31. The number of fused-ring (bicyclic) bond motifs is 1. The Hall–Kier alpha value is -5.27. The average molecular weight is 712 g/mol. The van der Waals surface area contributed by atoms with Crippen molar-refractivity contribution >= 4 is 40.5 Å². The molecule has 0 radical (unpaired) electrons. The number of hydrogen-bond acceptors (Lipinski definition) is 16. The standard InChI is InChI=1S/C32H45N11O8/c1-18(41-49)31(2,3)43-51-15-14-36-32(4,5)24(42-50)13-11-22(44)10-12-23(29(47)48)38-27(45)19-6-8-20(9-7-19)34-16-21-17-35-26-25(37-21)28(46)40-30(33)39-26/h6-9,17-18,23-24,34,36,43H,10-16H2,1-5H3,(H,38,45)(H,47,48)(H3,33,35,39,40,46)/t18?,23-,24?/m0/s1. The summed E-state index contributed by atoms with van der Waals surface area (Å²) >= 11 is 0. The van der Waals surface area contributed by atoms with E-state index in [0.717, 1.165) is 0 Å². The molecule has 0 bridgehead atoms. The van der Waals surface area contributed by atoms with Gasteiger partial charge in [-0.2, -0.15) is 20.3 Å². The van der Waals surface area contributed by atoms with Gasteiger partial charge in [0.1, 0.15) is 23.9 Å². The number of hydroxylamine groups is 1. The summed E-state index contributed by atoms with van der Waals surface area (Å²) in [6, 6.07) is 3.63. The first-order valence-corrected chi connectivity index (χ1v) is 16.3. The maximum Gasteiger partial charge on any atom is 0.326 e. The van der Waals surface area contributed by atoms with E-state index in [1.165, 1.54) is 18.3 Å². The molecule has 3 rings (SSSR count). The molecule has 276 valence electrons. The number of aromatic amines is 1. The summed E-state index contributed by atoms with van der Waals surface area (Å²) in [6.45, 7) is 9.53. The van der Waals surface area contributed by atoms with Crippen LogP contribution in [-0.2, 0) is 21.0 Å². The molecule has 0 fully saturated rings. The van der Waals surface area contributed by atoms with Crippen molar-refractivity contribution < 1.29 is 24.3 Å². The molecule has 0 saturated heterocycles. The Morgan fingerprint density at radius 2 is 1.71 bits per heavy atom. The Balaban J connectivity index is 1.44. The van der Waals surface area contributed by atoms with Gasteiger partial charge in [0.2, 0.25) is 5.95 Å². The van der Waals surface area contributed by atoms with Gasteiger partial charge in [-0.25, -0.2) is 14.8 Å². The molecule has 19 heteroatoms. The van der Waals surface area contributed by atoms with Crippen LogP contribution in [0.25, 0.3) is 11.2 Å². The quantitative estimate of drug-likeness (QED) is 0.0447. The highest BCUT2D eigenvalue weighted by atomic mass is 16.6. The molecule has 0 saturated carbocycles. The van der Waals surface area contributed by atoms with Gasteiger partial charge in [-0.3, -0.25) is 24.2 Å². The fraction of sp³-hybridized carbons (Fsp3) is 0.531. The van der Waals surface area contributed by atoms with Crippen molar-refractivity contribution in [2.24, 2.45) is 10.4 Å². The predicted octanol–water partition coefficient (Wildman–Crippen LogP) is 2.18. The number of Topliss-reactive ketones (excluding diaryl/α,β-unsaturated/α-hetero) is 1. The fourth-order valence-corrected chi connectivity index (χ4v) is 4.76. The molecule has 0 aliphatic rings. The molecule has 3 aromatic rings. The van der Waals surface area contributed by atoms with E-state index in [2.05, 4.69) is 51.7 Å². The lowest BCUT2D eigenvalue weighted by Crippen LogP contribution is -2.51. The number of nitrogens with zero attached hydrogens (tertiary/aromatic N) is 5. The second-order valence-electron chi connectivity index (χ2n) is 13.1. The molecular formula is C32H45N11O8. The molecule has 2 unspecified atom stereocenters. The van der Waals surface area contributed by atoms with Gasteiger partial charge in [0.05, 0.1) is 30.6 Å². The summed E-state index contributed by atoms with van der Waals surface area (Å²) in [7, 11) is 0. The lowest BCUT2D eigenvalue weighted by atomic mass is 9.90. The van der Waals surface area contributed by atoms with Crippen molar-refractivity contribution in [2.75, 3.05) is 24.2 Å². The SMILES string of the molecule is CC(N=O)C(C)(C)NOCCNC(C)(C)C(CCC(=O)CC[C@H](NC(=O)c1ccc(NCc2cnc3nc(N)[nH]c(=O)c3n2)cc1)C(=O)O)N=O. The van der Waals surface area contributed by atoms with Gasteiger partial charge >= 0.3 is 5.97 Å². The number of carbonyl (C=O) groups excluding carboxylic acids is 2. The minimum Gasteiger partial charge on any atom is -0.480 e. The number of H-pyrrole nitrogens is 1. The smallest absolute Gasteiger partial charge is 0.326 e. The van der Waals surface area contributed by atoms with Crippen LogP contribution in [0.1, 0.15) is 76.4 Å². The number of nitroso groups, excluding NO2 is 2. The lowest BCUT2D eigenvalue weighted by Gasteiger charge is -2.31.